The number of halogens is 1. The normalized spacial score (nSPS) is 11.7. The molecule has 0 aliphatic carbocycles. The second-order valence-electron chi connectivity index (χ2n) is 5.59. The zero-order chi connectivity index (χ0) is 15.2. The summed E-state index contributed by atoms with van der Waals surface area (Å²) in [5, 5.41) is 14.0. The first kappa shape index (κ1) is 17.2. The van der Waals surface area contributed by atoms with Crippen molar-refractivity contribution in [3.63, 3.8) is 0 Å². The molecule has 0 fully saturated rings. The molecular formula is C15H25ClN2O2. The predicted octanol–water partition coefficient (Wildman–Crippen LogP) is 2.28. The summed E-state index contributed by atoms with van der Waals surface area (Å²) in [5.74, 6) is 0. The Morgan fingerprint density at radius 2 is 2.10 bits per heavy atom. The maximum atomic E-state index is 9.96. The molecule has 114 valence electrons. The van der Waals surface area contributed by atoms with Crippen LogP contribution in [-0.4, -0.2) is 44.6 Å². The zero-order valence-corrected chi connectivity index (χ0v) is 13.5. The van der Waals surface area contributed by atoms with Crippen LogP contribution in [0.15, 0.2) is 18.2 Å². The number of rotatable bonds is 8. The standard InChI is InChI=1S/C15H25ClN2O2/c1-15(2,19)11-18(3)14-12(6-5-7-13(14)16)10-17-8-9-20-4/h5-7,17,19H,8-11H2,1-4H3. The van der Waals surface area contributed by atoms with Crippen molar-refractivity contribution in [2.75, 3.05) is 38.8 Å². The molecule has 5 heteroatoms. The van der Waals surface area contributed by atoms with Crippen LogP contribution in [0.5, 0.6) is 0 Å². The van der Waals surface area contributed by atoms with E-state index >= 15 is 0 Å². The molecular weight excluding hydrogens is 276 g/mol. The van der Waals surface area contributed by atoms with E-state index in [-0.39, 0.29) is 0 Å². The molecule has 1 aromatic rings. The second kappa shape index (κ2) is 7.84. The first-order chi connectivity index (χ1) is 9.35. The molecule has 0 saturated carbocycles. The SMILES string of the molecule is COCCNCc1cccc(Cl)c1N(C)CC(C)(C)O. The lowest BCUT2D eigenvalue weighted by atomic mass is 10.1. The van der Waals surface area contributed by atoms with E-state index < -0.39 is 5.60 Å². The van der Waals surface area contributed by atoms with Gasteiger partial charge in [0.15, 0.2) is 0 Å². The summed E-state index contributed by atoms with van der Waals surface area (Å²) in [6.45, 7) is 6.28. The Bertz CT molecular complexity index is 419. The molecule has 0 unspecified atom stereocenters. The topological polar surface area (TPSA) is 44.7 Å². The Hall–Kier alpha value is -0.810. The molecule has 0 radical (unpaired) electrons. The Morgan fingerprint density at radius 1 is 1.40 bits per heavy atom. The molecule has 1 aromatic carbocycles. The largest absolute Gasteiger partial charge is 0.389 e. The lowest BCUT2D eigenvalue weighted by Crippen LogP contribution is -2.37. The fourth-order valence-corrected chi connectivity index (χ4v) is 2.53. The van der Waals surface area contributed by atoms with E-state index in [4.69, 9.17) is 16.3 Å². The van der Waals surface area contributed by atoms with Crippen molar-refractivity contribution < 1.29 is 9.84 Å². The van der Waals surface area contributed by atoms with E-state index in [1.165, 1.54) is 0 Å². The summed E-state index contributed by atoms with van der Waals surface area (Å²) < 4.78 is 5.02. The van der Waals surface area contributed by atoms with Crippen LogP contribution >= 0.6 is 11.6 Å². The minimum absolute atomic E-state index is 0.516. The van der Waals surface area contributed by atoms with Crippen molar-refractivity contribution in [2.45, 2.75) is 26.0 Å². The molecule has 0 heterocycles. The third-order valence-corrected chi connectivity index (χ3v) is 3.18. The quantitative estimate of drug-likeness (QED) is 0.723. The smallest absolute Gasteiger partial charge is 0.0765 e. The second-order valence-corrected chi connectivity index (χ2v) is 5.99. The predicted molar refractivity (Wildman–Crippen MR) is 84.6 cm³/mol. The highest BCUT2D eigenvalue weighted by molar-refractivity contribution is 6.33. The highest BCUT2D eigenvalue weighted by Crippen LogP contribution is 2.30. The summed E-state index contributed by atoms with van der Waals surface area (Å²) in [4.78, 5) is 2.00. The molecule has 0 aliphatic rings. The summed E-state index contributed by atoms with van der Waals surface area (Å²) in [6.07, 6.45) is 0. The third kappa shape index (κ3) is 5.67. The Kier molecular flexibility index (Phi) is 6.76. The molecule has 2 N–H and O–H groups in total. The minimum Gasteiger partial charge on any atom is -0.389 e. The number of anilines is 1. The van der Waals surface area contributed by atoms with Gasteiger partial charge in [-0.15, -0.1) is 0 Å². The van der Waals surface area contributed by atoms with Gasteiger partial charge in [-0.05, 0) is 25.5 Å². The molecule has 0 spiro atoms. The van der Waals surface area contributed by atoms with Gasteiger partial charge >= 0.3 is 0 Å². The molecule has 0 saturated heterocycles. The van der Waals surface area contributed by atoms with Crippen molar-refractivity contribution in [1.82, 2.24) is 5.32 Å². The fourth-order valence-electron chi connectivity index (χ4n) is 2.19. The van der Waals surface area contributed by atoms with Crippen molar-refractivity contribution in [3.05, 3.63) is 28.8 Å². The average Bonchev–Trinajstić information content (AvgIpc) is 2.32. The van der Waals surface area contributed by atoms with Crippen LogP contribution in [0.3, 0.4) is 0 Å². The maximum absolute atomic E-state index is 9.96. The minimum atomic E-state index is -0.769. The molecule has 0 aliphatic heterocycles. The molecule has 0 atom stereocenters. The van der Waals surface area contributed by atoms with Gasteiger partial charge in [0.05, 0.1) is 22.9 Å². The van der Waals surface area contributed by atoms with Crippen LogP contribution in [0, 0.1) is 0 Å². The maximum Gasteiger partial charge on any atom is 0.0765 e. The van der Waals surface area contributed by atoms with E-state index in [1.54, 1.807) is 21.0 Å². The van der Waals surface area contributed by atoms with E-state index in [2.05, 4.69) is 5.32 Å². The summed E-state index contributed by atoms with van der Waals surface area (Å²) in [5.41, 5.74) is 1.30. The highest BCUT2D eigenvalue weighted by atomic mass is 35.5. The van der Waals surface area contributed by atoms with Crippen LogP contribution in [0.25, 0.3) is 0 Å². The van der Waals surface area contributed by atoms with Crippen LogP contribution in [-0.2, 0) is 11.3 Å². The lowest BCUT2D eigenvalue weighted by Gasteiger charge is -2.29. The van der Waals surface area contributed by atoms with Gasteiger partial charge in [0, 0.05) is 33.8 Å². The Labute approximate surface area is 126 Å². The number of hydrogen-bond donors (Lipinski definition) is 2. The summed E-state index contributed by atoms with van der Waals surface area (Å²) >= 11 is 6.32. The van der Waals surface area contributed by atoms with E-state index in [0.29, 0.717) is 18.2 Å². The van der Waals surface area contributed by atoms with Gasteiger partial charge in [0.25, 0.3) is 0 Å². The van der Waals surface area contributed by atoms with E-state index in [1.807, 2.05) is 30.1 Å². The number of para-hydroxylation sites is 1. The molecule has 4 nitrogen and oxygen atoms in total. The van der Waals surface area contributed by atoms with E-state index in [0.717, 1.165) is 24.3 Å². The number of methoxy groups -OCH3 is 1. The van der Waals surface area contributed by atoms with Gasteiger partial charge in [-0.25, -0.2) is 0 Å². The number of ether oxygens (including phenoxy) is 1. The first-order valence-corrected chi connectivity index (χ1v) is 7.13. The number of likely N-dealkylation sites (N-methyl/N-ethyl adjacent to an activating group) is 1. The molecule has 0 bridgehead atoms. The molecule has 0 amide bonds. The zero-order valence-electron chi connectivity index (χ0n) is 12.7. The van der Waals surface area contributed by atoms with Crippen LogP contribution in [0.2, 0.25) is 5.02 Å². The highest BCUT2D eigenvalue weighted by Gasteiger charge is 2.19. The van der Waals surface area contributed by atoms with Crippen LogP contribution in [0.4, 0.5) is 5.69 Å². The number of benzene rings is 1. The Morgan fingerprint density at radius 3 is 2.70 bits per heavy atom. The summed E-state index contributed by atoms with van der Waals surface area (Å²) in [6, 6.07) is 5.86. The van der Waals surface area contributed by atoms with Gasteiger partial charge < -0.3 is 20.1 Å². The van der Waals surface area contributed by atoms with Crippen molar-refractivity contribution in [1.29, 1.82) is 0 Å². The van der Waals surface area contributed by atoms with Crippen molar-refractivity contribution >= 4 is 17.3 Å². The van der Waals surface area contributed by atoms with Crippen LogP contribution in [0.1, 0.15) is 19.4 Å². The number of hydrogen-bond acceptors (Lipinski definition) is 4. The van der Waals surface area contributed by atoms with Crippen LogP contribution < -0.4 is 10.2 Å². The number of nitrogens with zero attached hydrogens (tertiary/aromatic N) is 1. The number of nitrogens with one attached hydrogen (secondary N) is 1. The van der Waals surface area contributed by atoms with Gasteiger partial charge in [0.1, 0.15) is 0 Å². The van der Waals surface area contributed by atoms with Crippen molar-refractivity contribution in [3.8, 4) is 0 Å². The molecule has 0 aromatic heterocycles. The third-order valence-electron chi connectivity index (χ3n) is 2.87. The van der Waals surface area contributed by atoms with E-state index in [9.17, 15) is 5.11 Å². The van der Waals surface area contributed by atoms with Gasteiger partial charge in [-0.3, -0.25) is 0 Å². The molecule has 1 rings (SSSR count). The van der Waals surface area contributed by atoms with Gasteiger partial charge in [0.2, 0.25) is 0 Å². The number of aliphatic hydroxyl groups is 1. The van der Waals surface area contributed by atoms with Gasteiger partial charge in [-0.1, -0.05) is 23.7 Å². The summed E-state index contributed by atoms with van der Waals surface area (Å²) in [7, 11) is 3.63. The lowest BCUT2D eigenvalue weighted by molar-refractivity contribution is 0.0886. The average molecular weight is 301 g/mol. The molecule has 20 heavy (non-hydrogen) atoms. The monoisotopic (exact) mass is 300 g/mol. The van der Waals surface area contributed by atoms with Gasteiger partial charge in [-0.2, -0.15) is 0 Å². The first-order valence-electron chi connectivity index (χ1n) is 6.75. The fraction of sp³-hybridized carbons (Fsp3) is 0.600. The van der Waals surface area contributed by atoms with Crippen molar-refractivity contribution in [2.24, 2.45) is 0 Å². The Balaban J connectivity index is 2.82.